The number of aliphatic hydroxyl groups excluding tert-OH is 1. The monoisotopic (exact) mass is 279 g/mol. The fourth-order valence-electron chi connectivity index (χ4n) is 2.63. The van der Waals surface area contributed by atoms with Crippen LogP contribution in [0.15, 0.2) is 24.3 Å². The molecule has 112 valence electrons. The summed E-state index contributed by atoms with van der Waals surface area (Å²) in [5.41, 5.74) is 1.33. The molecular formula is C16H25NO3. The van der Waals surface area contributed by atoms with Crippen LogP contribution >= 0.6 is 0 Å². The van der Waals surface area contributed by atoms with Gasteiger partial charge >= 0.3 is 0 Å². The molecule has 4 heteroatoms. The van der Waals surface area contributed by atoms with Crippen molar-refractivity contribution in [3.63, 3.8) is 0 Å². The minimum atomic E-state index is -0.658. The Balaban J connectivity index is 2.00. The third-order valence-electron chi connectivity index (χ3n) is 4.06. The van der Waals surface area contributed by atoms with E-state index in [0.717, 1.165) is 17.7 Å². The second kappa shape index (κ2) is 6.57. The molecule has 0 bridgehead atoms. The van der Waals surface area contributed by atoms with Crippen molar-refractivity contribution in [2.45, 2.75) is 37.9 Å². The molecular weight excluding hydrogens is 254 g/mol. The molecule has 1 aliphatic heterocycles. The number of ether oxygens (including phenoxy) is 1. The SMILES string of the molecule is CC[C@H](O)c1ccc(N(C)CC2(O)CCOCC2)cc1. The van der Waals surface area contributed by atoms with Gasteiger partial charge in [-0.3, -0.25) is 0 Å². The summed E-state index contributed by atoms with van der Waals surface area (Å²) in [7, 11) is 1.98. The van der Waals surface area contributed by atoms with Crippen LogP contribution < -0.4 is 4.90 Å². The van der Waals surface area contributed by atoms with Crippen LogP contribution in [0.4, 0.5) is 5.69 Å². The number of hydrogen-bond acceptors (Lipinski definition) is 4. The highest BCUT2D eigenvalue weighted by molar-refractivity contribution is 5.47. The Hall–Kier alpha value is -1.10. The molecule has 1 heterocycles. The number of benzene rings is 1. The van der Waals surface area contributed by atoms with Crippen molar-refractivity contribution in [3.05, 3.63) is 29.8 Å². The molecule has 0 aliphatic carbocycles. The summed E-state index contributed by atoms with van der Waals surface area (Å²) in [5, 5.41) is 20.3. The highest BCUT2D eigenvalue weighted by atomic mass is 16.5. The van der Waals surface area contributed by atoms with E-state index in [1.54, 1.807) is 0 Å². The molecule has 1 fully saturated rings. The lowest BCUT2D eigenvalue weighted by molar-refractivity contribution is -0.0572. The van der Waals surface area contributed by atoms with Gasteiger partial charge in [0.15, 0.2) is 0 Å². The van der Waals surface area contributed by atoms with Crippen LogP contribution in [0.5, 0.6) is 0 Å². The van der Waals surface area contributed by atoms with Crippen LogP contribution in [0.3, 0.4) is 0 Å². The van der Waals surface area contributed by atoms with Crippen molar-refractivity contribution in [3.8, 4) is 0 Å². The molecule has 0 amide bonds. The standard InChI is InChI=1S/C16H25NO3/c1-3-15(18)13-4-6-14(7-5-13)17(2)12-16(19)8-10-20-11-9-16/h4-7,15,18-19H,3,8-12H2,1-2H3/t15-/m0/s1. The van der Waals surface area contributed by atoms with Crippen LogP contribution in [-0.2, 0) is 4.74 Å². The molecule has 1 aromatic carbocycles. The normalized spacial score (nSPS) is 19.6. The Bertz CT molecular complexity index is 412. The van der Waals surface area contributed by atoms with E-state index in [1.807, 2.05) is 38.2 Å². The van der Waals surface area contributed by atoms with E-state index in [2.05, 4.69) is 4.90 Å². The maximum absolute atomic E-state index is 10.5. The lowest BCUT2D eigenvalue weighted by Crippen LogP contribution is -2.45. The van der Waals surface area contributed by atoms with Gasteiger partial charge in [0, 0.05) is 45.3 Å². The first-order valence-electron chi connectivity index (χ1n) is 7.33. The molecule has 2 rings (SSSR count). The molecule has 0 radical (unpaired) electrons. The topological polar surface area (TPSA) is 52.9 Å². The number of hydrogen-bond donors (Lipinski definition) is 2. The van der Waals surface area contributed by atoms with Crippen LogP contribution in [0.25, 0.3) is 0 Å². The smallest absolute Gasteiger partial charge is 0.0865 e. The van der Waals surface area contributed by atoms with E-state index in [-0.39, 0.29) is 0 Å². The lowest BCUT2D eigenvalue weighted by Gasteiger charge is -2.36. The van der Waals surface area contributed by atoms with Crippen LogP contribution in [-0.4, -0.2) is 42.6 Å². The third kappa shape index (κ3) is 3.72. The maximum Gasteiger partial charge on any atom is 0.0865 e. The molecule has 20 heavy (non-hydrogen) atoms. The highest BCUT2D eigenvalue weighted by Gasteiger charge is 2.31. The molecule has 0 unspecified atom stereocenters. The van der Waals surface area contributed by atoms with Crippen LogP contribution in [0.2, 0.25) is 0 Å². The minimum absolute atomic E-state index is 0.394. The molecule has 1 aromatic rings. The van der Waals surface area contributed by atoms with E-state index in [4.69, 9.17) is 4.74 Å². The predicted octanol–water partition coefficient (Wildman–Crippen LogP) is 2.11. The third-order valence-corrected chi connectivity index (χ3v) is 4.06. The molecule has 0 aromatic heterocycles. The van der Waals surface area contributed by atoms with Crippen molar-refractivity contribution in [2.75, 3.05) is 31.7 Å². The number of aliphatic hydroxyl groups is 2. The summed E-state index contributed by atoms with van der Waals surface area (Å²) >= 11 is 0. The van der Waals surface area contributed by atoms with Crippen molar-refractivity contribution in [2.24, 2.45) is 0 Å². The average Bonchev–Trinajstić information content (AvgIpc) is 2.47. The molecule has 1 atom stereocenters. The van der Waals surface area contributed by atoms with Gasteiger partial charge < -0.3 is 19.8 Å². The number of likely N-dealkylation sites (N-methyl/N-ethyl adjacent to an activating group) is 1. The summed E-state index contributed by atoms with van der Waals surface area (Å²) < 4.78 is 5.30. The first-order valence-corrected chi connectivity index (χ1v) is 7.33. The van der Waals surface area contributed by atoms with Crippen molar-refractivity contribution < 1.29 is 14.9 Å². The quantitative estimate of drug-likeness (QED) is 0.867. The second-order valence-corrected chi connectivity index (χ2v) is 5.71. The van der Waals surface area contributed by atoms with E-state index < -0.39 is 11.7 Å². The number of nitrogens with zero attached hydrogens (tertiary/aromatic N) is 1. The Morgan fingerprint density at radius 2 is 1.85 bits per heavy atom. The lowest BCUT2D eigenvalue weighted by atomic mass is 9.93. The van der Waals surface area contributed by atoms with Crippen LogP contribution in [0, 0.1) is 0 Å². The fraction of sp³-hybridized carbons (Fsp3) is 0.625. The summed E-state index contributed by atoms with van der Waals surface area (Å²) in [4.78, 5) is 2.06. The Morgan fingerprint density at radius 3 is 2.40 bits per heavy atom. The summed E-state index contributed by atoms with van der Waals surface area (Å²) in [5.74, 6) is 0. The number of anilines is 1. The predicted molar refractivity (Wildman–Crippen MR) is 80.0 cm³/mol. The maximum atomic E-state index is 10.5. The van der Waals surface area contributed by atoms with Crippen molar-refractivity contribution >= 4 is 5.69 Å². The second-order valence-electron chi connectivity index (χ2n) is 5.71. The van der Waals surface area contributed by atoms with Gasteiger partial charge in [0.25, 0.3) is 0 Å². The first-order chi connectivity index (χ1) is 9.54. The van der Waals surface area contributed by atoms with Crippen molar-refractivity contribution in [1.29, 1.82) is 0 Å². The molecule has 4 nitrogen and oxygen atoms in total. The molecule has 1 aliphatic rings. The molecule has 0 spiro atoms. The zero-order chi connectivity index (χ0) is 14.6. The Morgan fingerprint density at radius 1 is 1.25 bits per heavy atom. The zero-order valence-corrected chi connectivity index (χ0v) is 12.4. The fourth-order valence-corrected chi connectivity index (χ4v) is 2.63. The summed E-state index contributed by atoms with van der Waals surface area (Å²) in [6.45, 7) is 3.83. The Labute approximate surface area is 121 Å². The molecule has 1 saturated heterocycles. The Kier molecular flexibility index (Phi) is 5.02. The number of rotatable bonds is 5. The van der Waals surface area contributed by atoms with Gasteiger partial charge in [0.1, 0.15) is 0 Å². The van der Waals surface area contributed by atoms with Crippen LogP contribution in [0.1, 0.15) is 37.9 Å². The van der Waals surface area contributed by atoms with Gasteiger partial charge in [-0.05, 0) is 24.1 Å². The largest absolute Gasteiger partial charge is 0.388 e. The van der Waals surface area contributed by atoms with Gasteiger partial charge in [0.2, 0.25) is 0 Å². The van der Waals surface area contributed by atoms with Crippen molar-refractivity contribution in [1.82, 2.24) is 0 Å². The van der Waals surface area contributed by atoms with Gasteiger partial charge in [-0.15, -0.1) is 0 Å². The zero-order valence-electron chi connectivity index (χ0n) is 12.4. The summed E-state index contributed by atoms with van der Waals surface area (Å²) in [6.07, 6.45) is 1.69. The average molecular weight is 279 g/mol. The van der Waals surface area contributed by atoms with E-state index in [0.29, 0.717) is 32.6 Å². The van der Waals surface area contributed by atoms with E-state index in [1.165, 1.54) is 0 Å². The van der Waals surface area contributed by atoms with Gasteiger partial charge in [-0.1, -0.05) is 19.1 Å². The summed E-state index contributed by atoms with van der Waals surface area (Å²) in [6, 6.07) is 7.90. The minimum Gasteiger partial charge on any atom is -0.388 e. The van der Waals surface area contributed by atoms with E-state index >= 15 is 0 Å². The molecule has 2 N–H and O–H groups in total. The first kappa shape index (κ1) is 15.3. The molecule has 0 saturated carbocycles. The van der Waals surface area contributed by atoms with Gasteiger partial charge in [0.05, 0.1) is 11.7 Å². The highest BCUT2D eigenvalue weighted by Crippen LogP contribution is 2.25. The van der Waals surface area contributed by atoms with Gasteiger partial charge in [-0.2, -0.15) is 0 Å². The van der Waals surface area contributed by atoms with Gasteiger partial charge in [-0.25, -0.2) is 0 Å². The van der Waals surface area contributed by atoms with E-state index in [9.17, 15) is 10.2 Å².